The summed E-state index contributed by atoms with van der Waals surface area (Å²) in [4.78, 5) is 1.25. The first-order chi connectivity index (χ1) is 8.70. The van der Waals surface area contributed by atoms with Crippen molar-refractivity contribution in [2.45, 2.75) is 24.8 Å². The van der Waals surface area contributed by atoms with E-state index < -0.39 is 6.10 Å². The number of aliphatic hydroxyl groups is 1. The highest BCUT2D eigenvalue weighted by atomic mass is 32.2. The molecule has 0 saturated carbocycles. The molecule has 0 saturated heterocycles. The first-order valence-electron chi connectivity index (χ1n) is 6.18. The number of benzene rings is 2. The monoisotopic (exact) mass is 258 g/mol. The molecule has 0 aliphatic heterocycles. The van der Waals surface area contributed by atoms with Crippen molar-refractivity contribution in [2.24, 2.45) is 0 Å². The van der Waals surface area contributed by atoms with Crippen molar-refractivity contribution >= 4 is 11.8 Å². The van der Waals surface area contributed by atoms with Crippen molar-refractivity contribution in [3.63, 3.8) is 0 Å². The van der Waals surface area contributed by atoms with Crippen molar-refractivity contribution in [3.8, 4) is 0 Å². The third-order valence-corrected chi connectivity index (χ3v) is 3.76. The quantitative estimate of drug-likeness (QED) is 0.830. The minimum Gasteiger partial charge on any atom is -0.384 e. The molecule has 0 bridgehead atoms. The van der Waals surface area contributed by atoms with E-state index in [4.69, 9.17) is 0 Å². The third-order valence-electron chi connectivity index (χ3n) is 2.86. The molecule has 94 valence electrons. The summed E-state index contributed by atoms with van der Waals surface area (Å²) in [5.41, 5.74) is 3.07. The van der Waals surface area contributed by atoms with Crippen molar-refractivity contribution < 1.29 is 5.11 Å². The molecule has 0 aliphatic rings. The van der Waals surface area contributed by atoms with Gasteiger partial charge < -0.3 is 5.11 Å². The average molecular weight is 258 g/mol. The smallest absolute Gasteiger partial charge is 0.104 e. The zero-order valence-corrected chi connectivity index (χ0v) is 11.6. The molecule has 1 nitrogen and oxygen atoms in total. The van der Waals surface area contributed by atoms with Gasteiger partial charge in [0.15, 0.2) is 0 Å². The fourth-order valence-electron chi connectivity index (χ4n) is 1.95. The molecule has 0 spiro atoms. The van der Waals surface area contributed by atoms with E-state index in [9.17, 15) is 5.11 Å². The van der Waals surface area contributed by atoms with Crippen LogP contribution in [0.25, 0.3) is 0 Å². The Morgan fingerprint density at radius 1 is 1.06 bits per heavy atom. The molecule has 2 aromatic carbocycles. The van der Waals surface area contributed by atoms with E-state index in [1.54, 1.807) is 0 Å². The molecule has 2 heteroatoms. The number of thioether (sulfide) groups is 1. The molecule has 0 fully saturated rings. The second-order valence-corrected chi connectivity index (χ2v) is 5.66. The molecule has 2 rings (SSSR count). The second kappa shape index (κ2) is 6.07. The number of rotatable bonds is 4. The topological polar surface area (TPSA) is 20.2 Å². The lowest BCUT2D eigenvalue weighted by atomic mass is 10.0. The first kappa shape index (κ1) is 13.2. The van der Waals surface area contributed by atoms with Crippen LogP contribution in [0, 0.1) is 6.92 Å². The van der Waals surface area contributed by atoms with Crippen LogP contribution in [0.3, 0.4) is 0 Å². The molecular formula is C16H18OS. The summed E-state index contributed by atoms with van der Waals surface area (Å²) in [6.45, 7) is 4.18. The predicted octanol–water partition coefficient (Wildman–Crippen LogP) is 4.19. The lowest BCUT2D eigenvalue weighted by Crippen LogP contribution is -1.99. The van der Waals surface area contributed by atoms with E-state index in [0.29, 0.717) is 0 Å². The van der Waals surface area contributed by atoms with E-state index in [1.165, 1.54) is 10.5 Å². The van der Waals surface area contributed by atoms with Gasteiger partial charge in [0, 0.05) is 4.90 Å². The Bertz CT molecular complexity index is 505. The molecule has 0 amide bonds. The van der Waals surface area contributed by atoms with Crippen LogP contribution < -0.4 is 0 Å². The molecule has 2 aromatic rings. The van der Waals surface area contributed by atoms with E-state index in [-0.39, 0.29) is 0 Å². The Hall–Kier alpha value is -1.25. The maximum atomic E-state index is 10.3. The first-order valence-corrected chi connectivity index (χ1v) is 7.16. The SMILES string of the molecule is CCSc1ccc(C(O)c2cccc(C)c2)cc1. The third kappa shape index (κ3) is 3.15. The largest absolute Gasteiger partial charge is 0.384 e. The highest BCUT2D eigenvalue weighted by Gasteiger charge is 2.10. The number of aryl methyl sites for hydroxylation is 1. The van der Waals surface area contributed by atoms with Gasteiger partial charge in [-0.2, -0.15) is 0 Å². The Kier molecular flexibility index (Phi) is 4.45. The predicted molar refractivity (Wildman–Crippen MR) is 78.1 cm³/mol. The fourth-order valence-corrected chi connectivity index (χ4v) is 2.61. The lowest BCUT2D eigenvalue weighted by Gasteiger charge is -2.12. The van der Waals surface area contributed by atoms with Crippen molar-refractivity contribution in [2.75, 3.05) is 5.75 Å². The molecule has 0 aromatic heterocycles. The van der Waals surface area contributed by atoms with Crippen LogP contribution in [0.15, 0.2) is 53.4 Å². The minimum absolute atomic E-state index is 0.537. The van der Waals surface area contributed by atoms with Crippen LogP contribution in [0.4, 0.5) is 0 Å². The summed E-state index contributed by atoms with van der Waals surface area (Å²) >= 11 is 1.81. The van der Waals surface area contributed by atoms with Gasteiger partial charge in [-0.25, -0.2) is 0 Å². The van der Waals surface area contributed by atoms with E-state index in [2.05, 4.69) is 19.1 Å². The summed E-state index contributed by atoms with van der Waals surface area (Å²) < 4.78 is 0. The molecule has 0 aliphatic carbocycles. The minimum atomic E-state index is -0.537. The summed E-state index contributed by atoms with van der Waals surface area (Å²) in [6, 6.07) is 16.2. The van der Waals surface area contributed by atoms with Gasteiger partial charge in [-0.3, -0.25) is 0 Å². The molecule has 0 heterocycles. The van der Waals surface area contributed by atoms with Crippen LogP contribution in [-0.2, 0) is 0 Å². The number of hydrogen-bond donors (Lipinski definition) is 1. The highest BCUT2D eigenvalue weighted by Crippen LogP contribution is 2.25. The zero-order chi connectivity index (χ0) is 13.0. The molecule has 18 heavy (non-hydrogen) atoms. The van der Waals surface area contributed by atoms with Crippen LogP contribution >= 0.6 is 11.8 Å². The van der Waals surface area contributed by atoms with Crippen LogP contribution in [0.5, 0.6) is 0 Å². The summed E-state index contributed by atoms with van der Waals surface area (Å²) in [6.07, 6.45) is -0.537. The average Bonchev–Trinajstić information content (AvgIpc) is 2.39. The van der Waals surface area contributed by atoms with Gasteiger partial charge in [0.25, 0.3) is 0 Å². The highest BCUT2D eigenvalue weighted by molar-refractivity contribution is 7.99. The van der Waals surface area contributed by atoms with Gasteiger partial charge in [-0.1, -0.05) is 48.9 Å². The van der Waals surface area contributed by atoms with Gasteiger partial charge >= 0.3 is 0 Å². The van der Waals surface area contributed by atoms with Crippen LogP contribution in [0.2, 0.25) is 0 Å². The second-order valence-electron chi connectivity index (χ2n) is 4.32. The maximum absolute atomic E-state index is 10.3. The normalized spacial score (nSPS) is 12.4. The standard InChI is InChI=1S/C16H18OS/c1-3-18-15-9-7-13(8-10-15)16(17)14-6-4-5-12(2)11-14/h4-11,16-17H,3H2,1-2H3. The maximum Gasteiger partial charge on any atom is 0.104 e. The summed E-state index contributed by atoms with van der Waals surface area (Å²) in [7, 11) is 0. The molecule has 1 unspecified atom stereocenters. The molecular weight excluding hydrogens is 240 g/mol. The number of aliphatic hydroxyl groups excluding tert-OH is 1. The van der Waals surface area contributed by atoms with Gasteiger partial charge in [0.05, 0.1) is 0 Å². The van der Waals surface area contributed by atoms with E-state index >= 15 is 0 Å². The van der Waals surface area contributed by atoms with Gasteiger partial charge in [-0.05, 0) is 35.9 Å². The van der Waals surface area contributed by atoms with Crippen LogP contribution in [-0.4, -0.2) is 10.9 Å². The molecule has 0 radical (unpaired) electrons. The van der Waals surface area contributed by atoms with E-state index in [0.717, 1.165) is 16.9 Å². The summed E-state index contributed by atoms with van der Waals surface area (Å²) in [5, 5.41) is 10.3. The Morgan fingerprint density at radius 3 is 2.39 bits per heavy atom. The Labute approximate surface area is 113 Å². The van der Waals surface area contributed by atoms with Gasteiger partial charge in [-0.15, -0.1) is 11.8 Å². The fraction of sp³-hybridized carbons (Fsp3) is 0.250. The van der Waals surface area contributed by atoms with E-state index in [1.807, 2.05) is 55.1 Å². The van der Waals surface area contributed by atoms with Gasteiger partial charge in [0.1, 0.15) is 6.10 Å². The Balaban J connectivity index is 2.20. The van der Waals surface area contributed by atoms with Crippen molar-refractivity contribution in [1.82, 2.24) is 0 Å². The zero-order valence-electron chi connectivity index (χ0n) is 10.8. The summed E-state index contributed by atoms with van der Waals surface area (Å²) in [5.74, 6) is 1.07. The lowest BCUT2D eigenvalue weighted by molar-refractivity contribution is 0.220. The van der Waals surface area contributed by atoms with Crippen molar-refractivity contribution in [1.29, 1.82) is 0 Å². The molecule has 1 atom stereocenters. The van der Waals surface area contributed by atoms with Crippen LogP contribution in [0.1, 0.15) is 29.7 Å². The number of hydrogen-bond acceptors (Lipinski definition) is 2. The van der Waals surface area contributed by atoms with Gasteiger partial charge in [0.2, 0.25) is 0 Å². The molecule has 1 N–H and O–H groups in total. The Morgan fingerprint density at radius 2 is 1.78 bits per heavy atom. The van der Waals surface area contributed by atoms with Crippen molar-refractivity contribution in [3.05, 3.63) is 65.2 Å².